The Bertz CT molecular complexity index is 394. The SMILES string of the molecule is Clc1cccc2c(Br)coc12. The molecular formula is C8H4BrClO. The van der Waals surface area contributed by atoms with E-state index >= 15 is 0 Å². The Balaban J connectivity index is 2.94. The molecule has 1 nitrogen and oxygen atoms in total. The Morgan fingerprint density at radius 3 is 2.91 bits per heavy atom. The zero-order valence-electron chi connectivity index (χ0n) is 5.47. The van der Waals surface area contributed by atoms with Crippen molar-refractivity contribution < 1.29 is 4.42 Å². The van der Waals surface area contributed by atoms with Crippen molar-refractivity contribution in [3.8, 4) is 0 Å². The monoisotopic (exact) mass is 230 g/mol. The average molecular weight is 231 g/mol. The van der Waals surface area contributed by atoms with Gasteiger partial charge in [0.2, 0.25) is 0 Å². The molecule has 1 aromatic carbocycles. The summed E-state index contributed by atoms with van der Waals surface area (Å²) in [5.74, 6) is 0. The zero-order chi connectivity index (χ0) is 7.84. The van der Waals surface area contributed by atoms with Crippen LogP contribution in [0.3, 0.4) is 0 Å². The van der Waals surface area contributed by atoms with E-state index in [0.717, 1.165) is 15.4 Å². The lowest BCUT2D eigenvalue weighted by molar-refractivity contribution is 0.614. The maximum atomic E-state index is 5.86. The molecule has 0 spiro atoms. The molecule has 11 heavy (non-hydrogen) atoms. The van der Waals surface area contributed by atoms with E-state index < -0.39 is 0 Å². The quantitative estimate of drug-likeness (QED) is 0.671. The van der Waals surface area contributed by atoms with Crippen LogP contribution in [0.1, 0.15) is 0 Å². The topological polar surface area (TPSA) is 13.1 Å². The average Bonchev–Trinajstić information content (AvgIpc) is 2.35. The molecule has 1 aromatic heterocycles. The van der Waals surface area contributed by atoms with Crippen LogP contribution < -0.4 is 0 Å². The highest BCUT2D eigenvalue weighted by atomic mass is 79.9. The summed E-state index contributed by atoms with van der Waals surface area (Å²) < 4.78 is 6.14. The Labute approximate surface area is 77.1 Å². The van der Waals surface area contributed by atoms with Crippen LogP contribution in [-0.2, 0) is 0 Å². The fourth-order valence-corrected chi connectivity index (χ4v) is 1.62. The minimum Gasteiger partial charge on any atom is -0.462 e. The van der Waals surface area contributed by atoms with Gasteiger partial charge in [0.1, 0.15) is 6.26 Å². The van der Waals surface area contributed by atoms with Crippen molar-refractivity contribution in [1.82, 2.24) is 0 Å². The highest BCUT2D eigenvalue weighted by Gasteiger charge is 2.04. The maximum Gasteiger partial charge on any atom is 0.153 e. The maximum absolute atomic E-state index is 5.86. The molecule has 3 heteroatoms. The summed E-state index contributed by atoms with van der Waals surface area (Å²) >= 11 is 9.20. The van der Waals surface area contributed by atoms with Crippen LogP contribution >= 0.6 is 27.5 Å². The molecule has 0 fully saturated rings. The van der Waals surface area contributed by atoms with Crippen LogP contribution in [0.4, 0.5) is 0 Å². The highest BCUT2D eigenvalue weighted by Crippen LogP contribution is 2.30. The number of fused-ring (bicyclic) bond motifs is 1. The largest absolute Gasteiger partial charge is 0.462 e. The molecule has 0 radical (unpaired) electrons. The third-order valence-electron chi connectivity index (χ3n) is 1.50. The molecule has 0 aliphatic heterocycles. The van der Waals surface area contributed by atoms with E-state index in [1.807, 2.05) is 12.1 Å². The molecule has 0 N–H and O–H groups in total. The van der Waals surface area contributed by atoms with E-state index in [9.17, 15) is 0 Å². The molecule has 0 saturated carbocycles. The van der Waals surface area contributed by atoms with E-state index in [2.05, 4.69) is 15.9 Å². The Morgan fingerprint density at radius 1 is 1.36 bits per heavy atom. The molecule has 56 valence electrons. The number of para-hydroxylation sites is 1. The summed E-state index contributed by atoms with van der Waals surface area (Å²) in [6, 6.07) is 5.65. The number of furan rings is 1. The minimum absolute atomic E-state index is 0.646. The van der Waals surface area contributed by atoms with Gasteiger partial charge in [-0.15, -0.1) is 0 Å². The fourth-order valence-electron chi connectivity index (χ4n) is 0.991. The van der Waals surface area contributed by atoms with Gasteiger partial charge >= 0.3 is 0 Å². The normalized spacial score (nSPS) is 10.7. The summed E-state index contributed by atoms with van der Waals surface area (Å²) in [7, 11) is 0. The van der Waals surface area contributed by atoms with Gasteiger partial charge in [-0.1, -0.05) is 17.7 Å². The van der Waals surface area contributed by atoms with E-state index in [0.29, 0.717) is 5.02 Å². The first-order chi connectivity index (χ1) is 5.29. The van der Waals surface area contributed by atoms with Crippen LogP contribution in [0.25, 0.3) is 11.0 Å². The van der Waals surface area contributed by atoms with Gasteiger partial charge < -0.3 is 4.42 Å². The van der Waals surface area contributed by atoms with Crippen molar-refractivity contribution in [2.24, 2.45) is 0 Å². The molecule has 0 amide bonds. The van der Waals surface area contributed by atoms with Gasteiger partial charge in [-0.25, -0.2) is 0 Å². The molecule has 0 bridgehead atoms. The van der Waals surface area contributed by atoms with Gasteiger partial charge in [0.05, 0.1) is 9.50 Å². The van der Waals surface area contributed by atoms with E-state index in [1.54, 1.807) is 12.3 Å². The molecule has 2 rings (SSSR count). The third kappa shape index (κ3) is 1.06. The first kappa shape index (κ1) is 7.19. The van der Waals surface area contributed by atoms with Crippen LogP contribution in [0.2, 0.25) is 5.02 Å². The smallest absolute Gasteiger partial charge is 0.153 e. The van der Waals surface area contributed by atoms with Crippen molar-refractivity contribution in [1.29, 1.82) is 0 Å². The Hall–Kier alpha value is -0.470. The zero-order valence-corrected chi connectivity index (χ0v) is 7.82. The summed E-state index contributed by atoms with van der Waals surface area (Å²) in [6.45, 7) is 0. The summed E-state index contributed by atoms with van der Waals surface area (Å²) in [5.41, 5.74) is 0.737. The lowest BCUT2D eigenvalue weighted by Crippen LogP contribution is -1.65. The second-order valence-corrected chi connectivity index (χ2v) is 3.46. The van der Waals surface area contributed by atoms with Gasteiger partial charge in [0.25, 0.3) is 0 Å². The number of benzene rings is 1. The molecule has 2 aromatic rings. The summed E-state index contributed by atoms with van der Waals surface area (Å²) in [5, 5.41) is 1.66. The summed E-state index contributed by atoms with van der Waals surface area (Å²) in [6.07, 6.45) is 1.64. The van der Waals surface area contributed by atoms with Crippen molar-refractivity contribution in [2.45, 2.75) is 0 Å². The predicted octanol–water partition coefficient (Wildman–Crippen LogP) is 3.85. The van der Waals surface area contributed by atoms with Crippen molar-refractivity contribution >= 4 is 38.5 Å². The third-order valence-corrected chi connectivity index (χ3v) is 2.42. The molecule has 0 atom stereocenters. The molecule has 0 unspecified atom stereocenters. The Morgan fingerprint density at radius 2 is 2.18 bits per heavy atom. The molecule has 0 saturated heterocycles. The number of hydrogen-bond acceptors (Lipinski definition) is 1. The van der Waals surface area contributed by atoms with E-state index in [1.165, 1.54) is 0 Å². The van der Waals surface area contributed by atoms with E-state index in [-0.39, 0.29) is 0 Å². The van der Waals surface area contributed by atoms with Gasteiger partial charge in [0.15, 0.2) is 5.58 Å². The molecular weight excluding hydrogens is 227 g/mol. The molecule has 0 aliphatic carbocycles. The number of hydrogen-bond donors (Lipinski definition) is 0. The molecule has 0 aliphatic rings. The van der Waals surface area contributed by atoms with Crippen molar-refractivity contribution in [3.05, 3.63) is 34.0 Å². The Kier molecular flexibility index (Phi) is 1.66. The first-order valence-electron chi connectivity index (χ1n) is 3.10. The minimum atomic E-state index is 0.646. The van der Waals surface area contributed by atoms with Crippen LogP contribution in [-0.4, -0.2) is 0 Å². The predicted molar refractivity (Wildman–Crippen MR) is 48.9 cm³/mol. The standard InChI is InChI=1S/C8H4BrClO/c9-6-4-11-8-5(6)2-1-3-7(8)10/h1-4H. The van der Waals surface area contributed by atoms with Gasteiger partial charge in [-0.2, -0.15) is 0 Å². The van der Waals surface area contributed by atoms with Crippen molar-refractivity contribution in [3.63, 3.8) is 0 Å². The lowest BCUT2D eigenvalue weighted by atomic mass is 10.3. The van der Waals surface area contributed by atoms with Gasteiger partial charge in [0, 0.05) is 5.39 Å². The first-order valence-corrected chi connectivity index (χ1v) is 4.27. The summed E-state index contributed by atoms with van der Waals surface area (Å²) in [4.78, 5) is 0. The van der Waals surface area contributed by atoms with Crippen LogP contribution in [0, 0.1) is 0 Å². The second-order valence-electron chi connectivity index (χ2n) is 2.20. The number of halogens is 2. The van der Waals surface area contributed by atoms with Crippen molar-refractivity contribution in [2.75, 3.05) is 0 Å². The lowest BCUT2D eigenvalue weighted by Gasteiger charge is -1.89. The van der Waals surface area contributed by atoms with Gasteiger partial charge in [-0.3, -0.25) is 0 Å². The van der Waals surface area contributed by atoms with E-state index in [4.69, 9.17) is 16.0 Å². The second kappa shape index (κ2) is 2.54. The molecule has 1 heterocycles. The van der Waals surface area contributed by atoms with Crippen LogP contribution in [0.5, 0.6) is 0 Å². The fraction of sp³-hybridized carbons (Fsp3) is 0. The number of rotatable bonds is 0. The van der Waals surface area contributed by atoms with Crippen LogP contribution in [0.15, 0.2) is 33.4 Å². The van der Waals surface area contributed by atoms with Gasteiger partial charge in [-0.05, 0) is 28.1 Å². The highest BCUT2D eigenvalue weighted by molar-refractivity contribution is 9.10.